The van der Waals surface area contributed by atoms with Crippen LogP contribution in [-0.4, -0.2) is 33.0 Å². The van der Waals surface area contributed by atoms with Gasteiger partial charge in [0.15, 0.2) is 0 Å². The molecule has 0 aliphatic rings. The fourth-order valence-corrected chi connectivity index (χ4v) is 1.63. The van der Waals surface area contributed by atoms with E-state index in [1.807, 2.05) is 0 Å². The minimum absolute atomic E-state index is 0.100. The number of nitrogens with one attached hydrogen (secondary N) is 1. The maximum Gasteiger partial charge on any atom is 0.412 e. The number of benzene rings is 1. The van der Waals surface area contributed by atoms with E-state index in [9.17, 15) is 19.8 Å². The molecule has 1 atom stereocenters. The minimum Gasteiger partial charge on any atom is -0.508 e. The molecule has 7 nitrogen and oxygen atoms in total. The number of aliphatic carboxylic acids is 1. The number of phenols is 1. The number of carbonyl (C=O) groups excluding carboxylic acids is 1. The molecule has 0 radical (unpaired) electrons. The van der Waals surface area contributed by atoms with Gasteiger partial charge in [-0.05, 0) is 39.0 Å². The largest absolute Gasteiger partial charge is 0.508 e. The van der Waals surface area contributed by atoms with Gasteiger partial charge in [0.2, 0.25) is 0 Å². The van der Waals surface area contributed by atoms with Gasteiger partial charge in [0, 0.05) is 5.56 Å². The molecule has 0 saturated carbocycles. The van der Waals surface area contributed by atoms with E-state index in [1.165, 1.54) is 18.2 Å². The number of ether oxygens (including phenoxy) is 1. The van der Waals surface area contributed by atoms with Gasteiger partial charge >= 0.3 is 12.1 Å². The van der Waals surface area contributed by atoms with E-state index < -0.39 is 30.2 Å². The third kappa shape index (κ3) is 5.70. The summed E-state index contributed by atoms with van der Waals surface area (Å²) in [4.78, 5) is 22.4. The smallest absolute Gasteiger partial charge is 0.412 e. The number of carbonyl (C=O) groups is 2. The third-order valence-electron chi connectivity index (χ3n) is 2.40. The fraction of sp³-hybridized carbons (Fsp3) is 0.429. The van der Waals surface area contributed by atoms with Crippen molar-refractivity contribution in [3.05, 3.63) is 23.8 Å². The molecular weight excluding hydrogens is 278 g/mol. The maximum absolute atomic E-state index is 11.7. The Balaban J connectivity index is 2.96. The van der Waals surface area contributed by atoms with Gasteiger partial charge in [0.1, 0.15) is 11.4 Å². The fourth-order valence-electron chi connectivity index (χ4n) is 1.63. The molecule has 0 aromatic heterocycles. The summed E-state index contributed by atoms with van der Waals surface area (Å²) >= 11 is 0. The molecule has 4 N–H and O–H groups in total. The second-order valence-corrected chi connectivity index (χ2v) is 5.51. The molecule has 0 spiro atoms. The zero-order chi connectivity index (χ0) is 16.2. The number of amides is 1. The molecule has 0 unspecified atom stereocenters. The lowest BCUT2D eigenvalue weighted by Gasteiger charge is -2.21. The number of aliphatic hydroxyl groups is 1. The standard InChI is InChI=1S/C14H19NO6/c1-14(2,3)21-13(20)15-10-5-4-8(16)6-9(10)11(17)7-12(18)19/h4-6,11,16-17H,7H2,1-3H3,(H,15,20)(H,18,19)/t11-/m1/s1. The number of carboxylic acids is 1. The highest BCUT2D eigenvalue weighted by atomic mass is 16.6. The van der Waals surface area contributed by atoms with Crippen molar-refractivity contribution in [2.24, 2.45) is 0 Å². The average Bonchev–Trinajstić information content (AvgIpc) is 2.27. The van der Waals surface area contributed by atoms with Crippen molar-refractivity contribution in [3.63, 3.8) is 0 Å². The van der Waals surface area contributed by atoms with E-state index in [2.05, 4.69) is 5.32 Å². The minimum atomic E-state index is -1.36. The monoisotopic (exact) mass is 297 g/mol. The lowest BCUT2D eigenvalue weighted by molar-refractivity contribution is -0.139. The molecule has 0 fully saturated rings. The van der Waals surface area contributed by atoms with Crippen molar-refractivity contribution in [1.82, 2.24) is 0 Å². The van der Waals surface area contributed by atoms with Gasteiger partial charge < -0.3 is 20.1 Å². The number of rotatable bonds is 4. The van der Waals surface area contributed by atoms with Crippen molar-refractivity contribution in [3.8, 4) is 5.75 Å². The van der Waals surface area contributed by atoms with Crippen molar-refractivity contribution in [2.45, 2.75) is 38.9 Å². The van der Waals surface area contributed by atoms with Crippen LogP contribution in [-0.2, 0) is 9.53 Å². The summed E-state index contributed by atoms with van der Waals surface area (Å²) in [5, 5.41) is 30.4. The summed E-state index contributed by atoms with van der Waals surface area (Å²) in [6.07, 6.45) is -2.65. The maximum atomic E-state index is 11.7. The van der Waals surface area contributed by atoms with E-state index in [0.29, 0.717) is 0 Å². The normalized spacial score (nSPS) is 12.6. The van der Waals surface area contributed by atoms with Crippen LogP contribution in [0.2, 0.25) is 0 Å². The van der Waals surface area contributed by atoms with Crippen LogP contribution in [0.4, 0.5) is 10.5 Å². The Kier molecular flexibility index (Phi) is 5.15. The molecule has 1 aromatic rings. The Morgan fingerprint density at radius 3 is 2.48 bits per heavy atom. The second kappa shape index (κ2) is 6.45. The van der Waals surface area contributed by atoms with Crippen molar-refractivity contribution >= 4 is 17.7 Å². The van der Waals surface area contributed by atoms with Gasteiger partial charge in [0.25, 0.3) is 0 Å². The predicted molar refractivity (Wildman–Crippen MR) is 75.2 cm³/mol. The van der Waals surface area contributed by atoms with Crippen LogP contribution in [0.3, 0.4) is 0 Å². The van der Waals surface area contributed by atoms with Crippen LogP contribution in [0.1, 0.15) is 38.9 Å². The molecule has 0 aliphatic carbocycles. The molecule has 1 rings (SSSR count). The molecule has 0 bridgehead atoms. The summed E-state index contributed by atoms with van der Waals surface area (Å²) < 4.78 is 5.08. The van der Waals surface area contributed by atoms with Crippen molar-refractivity contribution < 1.29 is 29.6 Å². The van der Waals surface area contributed by atoms with E-state index in [0.717, 1.165) is 0 Å². The van der Waals surface area contributed by atoms with Gasteiger partial charge in [-0.15, -0.1) is 0 Å². The number of phenolic OH excluding ortho intramolecular Hbond substituents is 1. The Hall–Kier alpha value is -2.28. The first-order valence-corrected chi connectivity index (χ1v) is 6.31. The summed E-state index contributed by atoms with van der Waals surface area (Å²) in [5.74, 6) is -1.35. The zero-order valence-corrected chi connectivity index (χ0v) is 12.1. The van der Waals surface area contributed by atoms with Crippen molar-refractivity contribution in [1.29, 1.82) is 0 Å². The summed E-state index contributed by atoms with van der Waals surface area (Å²) in [7, 11) is 0. The lowest BCUT2D eigenvalue weighted by atomic mass is 10.0. The number of carboxylic acid groups (broad SMARTS) is 1. The highest BCUT2D eigenvalue weighted by Gasteiger charge is 2.21. The molecule has 7 heteroatoms. The van der Waals surface area contributed by atoms with Crippen LogP contribution >= 0.6 is 0 Å². The highest BCUT2D eigenvalue weighted by Crippen LogP contribution is 2.29. The Labute approximate surface area is 122 Å². The van der Waals surface area contributed by atoms with Crippen LogP contribution in [0.25, 0.3) is 0 Å². The summed E-state index contributed by atoms with van der Waals surface area (Å²) in [6.45, 7) is 5.09. The molecule has 0 aliphatic heterocycles. The summed E-state index contributed by atoms with van der Waals surface area (Å²) in [6, 6.07) is 3.86. The molecular formula is C14H19NO6. The quantitative estimate of drug-likeness (QED) is 0.633. The first kappa shape index (κ1) is 16.8. The first-order valence-electron chi connectivity index (χ1n) is 6.31. The second-order valence-electron chi connectivity index (χ2n) is 5.51. The molecule has 0 heterocycles. The zero-order valence-electron chi connectivity index (χ0n) is 12.1. The first-order chi connectivity index (χ1) is 9.58. The van der Waals surface area contributed by atoms with Crippen LogP contribution < -0.4 is 5.32 Å². The topological polar surface area (TPSA) is 116 Å². The third-order valence-corrected chi connectivity index (χ3v) is 2.40. The van der Waals surface area contributed by atoms with Gasteiger partial charge in [-0.1, -0.05) is 0 Å². The van der Waals surface area contributed by atoms with Gasteiger partial charge in [-0.25, -0.2) is 4.79 Å². The Morgan fingerprint density at radius 2 is 1.95 bits per heavy atom. The Bertz CT molecular complexity index is 535. The van der Waals surface area contributed by atoms with Crippen LogP contribution in [0.15, 0.2) is 18.2 Å². The van der Waals surface area contributed by atoms with E-state index in [4.69, 9.17) is 9.84 Å². The molecule has 116 valence electrons. The molecule has 1 aromatic carbocycles. The number of hydrogen-bond acceptors (Lipinski definition) is 5. The average molecular weight is 297 g/mol. The molecule has 0 saturated heterocycles. The number of anilines is 1. The molecule has 1 amide bonds. The Morgan fingerprint density at radius 1 is 1.33 bits per heavy atom. The number of aromatic hydroxyl groups is 1. The van der Waals surface area contributed by atoms with Gasteiger partial charge in [0.05, 0.1) is 18.2 Å². The number of aliphatic hydroxyl groups excluding tert-OH is 1. The van der Waals surface area contributed by atoms with Crippen LogP contribution in [0, 0.1) is 0 Å². The van der Waals surface area contributed by atoms with Gasteiger partial charge in [-0.2, -0.15) is 0 Å². The van der Waals surface area contributed by atoms with E-state index in [1.54, 1.807) is 20.8 Å². The summed E-state index contributed by atoms with van der Waals surface area (Å²) in [5.41, 5.74) is -0.417. The molecule has 21 heavy (non-hydrogen) atoms. The SMILES string of the molecule is CC(C)(C)OC(=O)Nc1ccc(O)cc1[C@H](O)CC(=O)O. The lowest BCUT2D eigenvalue weighted by Crippen LogP contribution is -2.27. The van der Waals surface area contributed by atoms with Crippen molar-refractivity contribution in [2.75, 3.05) is 5.32 Å². The van der Waals surface area contributed by atoms with Gasteiger partial charge in [-0.3, -0.25) is 10.1 Å². The number of hydrogen-bond donors (Lipinski definition) is 4. The highest BCUT2D eigenvalue weighted by molar-refractivity contribution is 5.86. The predicted octanol–water partition coefficient (Wildman–Crippen LogP) is 2.25. The van der Waals surface area contributed by atoms with E-state index in [-0.39, 0.29) is 17.0 Å². The van der Waals surface area contributed by atoms with Crippen LogP contribution in [0.5, 0.6) is 5.75 Å². The van der Waals surface area contributed by atoms with E-state index >= 15 is 0 Å².